The van der Waals surface area contributed by atoms with E-state index in [0.717, 1.165) is 115 Å². The first-order valence-electron chi connectivity index (χ1n) is 27.6. The average molecular weight is 888 g/mol. The van der Waals surface area contributed by atoms with Gasteiger partial charge in [0.15, 0.2) is 0 Å². The number of aromatic nitrogens is 2. The minimum Gasteiger partial charge on any atom is -0.462 e. The minimum atomic E-state index is -0.409. The van der Waals surface area contributed by atoms with Crippen LogP contribution in [0.5, 0.6) is 0 Å². The van der Waals surface area contributed by atoms with Gasteiger partial charge in [0.25, 0.3) is 0 Å². The molecule has 370 valence electrons. The highest BCUT2D eigenvalue weighted by atomic mass is 16.5. The summed E-state index contributed by atoms with van der Waals surface area (Å²) >= 11 is 0. The highest BCUT2D eigenvalue weighted by molar-refractivity contribution is 5.69. The van der Waals surface area contributed by atoms with Crippen LogP contribution in [0.1, 0.15) is 284 Å². The second kappa shape index (κ2) is 43.9. The summed E-state index contributed by atoms with van der Waals surface area (Å²) in [4.78, 5) is 32.7. The number of unbranched alkanes of at least 4 members (excludes halogenated alkanes) is 26. The molecule has 1 atom stereocenters. The smallest absolute Gasteiger partial charge is 0.306 e. The molecule has 8 nitrogen and oxygen atoms in total. The summed E-state index contributed by atoms with van der Waals surface area (Å²) in [6.07, 6.45) is 47.7. The first kappa shape index (κ1) is 59.1. The normalized spacial score (nSPS) is 12.3. The number of hydrogen-bond acceptors (Lipinski definition) is 7. The van der Waals surface area contributed by atoms with Crippen LogP contribution in [0.15, 0.2) is 12.4 Å². The van der Waals surface area contributed by atoms with Crippen molar-refractivity contribution in [3.05, 3.63) is 18.2 Å². The molecular weight excluding hydrogens is 783 g/mol. The molecule has 0 radical (unpaired) electrons. The number of hydrogen-bond donors (Lipinski definition) is 1. The lowest BCUT2D eigenvalue weighted by Crippen LogP contribution is -2.33. The largest absolute Gasteiger partial charge is 0.462 e. The van der Waals surface area contributed by atoms with E-state index in [2.05, 4.69) is 42.1 Å². The lowest BCUT2D eigenvalue weighted by molar-refractivity contribution is -0.151. The van der Waals surface area contributed by atoms with E-state index in [0.29, 0.717) is 19.4 Å². The monoisotopic (exact) mass is 888 g/mol. The van der Waals surface area contributed by atoms with Gasteiger partial charge in [0, 0.05) is 38.8 Å². The number of aryl methyl sites for hydroxylation is 1. The van der Waals surface area contributed by atoms with E-state index in [9.17, 15) is 14.7 Å². The maximum absolute atomic E-state index is 12.9. The second-order valence-corrected chi connectivity index (χ2v) is 19.4. The molecule has 0 aliphatic rings. The van der Waals surface area contributed by atoms with Gasteiger partial charge in [-0.15, -0.1) is 0 Å². The van der Waals surface area contributed by atoms with Crippen LogP contribution in [0.4, 0.5) is 0 Å². The SMILES string of the molecule is CCCCCCCCC(CCCCCCCC)OC(=O)CCCCCCCN(Cc1nccn1C)CC(O)CCCCCC(=O)OC(CCCCCCCC)CCCCCCCC. The van der Waals surface area contributed by atoms with Crippen molar-refractivity contribution in [3.8, 4) is 0 Å². The quantitative estimate of drug-likeness (QED) is 0.0514. The standard InChI is InChI=1S/C55H105N3O5/c1-6-10-14-18-23-31-39-51(40-32-24-19-15-11-7-2)62-54(60)43-35-27-22-28-37-46-58(49-53-56-45-47-57(53)5)48-50(59)38-30-29-36-44-55(61)63-52(41-33-25-20-16-12-8-3)42-34-26-21-17-13-9-4/h45,47,50-52,59H,6-44,46,48-49H2,1-5H3. The molecule has 1 heterocycles. The molecule has 0 saturated heterocycles. The van der Waals surface area contributed by atoms with Crippen molar-refractivity contribution >= 4 is 11.9 Å². The first-order valence-corrected chi connectivity index (χ1v) is 27.6. The van der Waals surface area contributed by atoms with Gasteiger partial charge in [-0.25, -0.2) is 4.98 Å². The van der Waals surface area contributed by atoms with Crippen molar-refractivity contribution in [3.63, 3.8) is 0 Å². The summed E-state index contributed by atoms with van der Waals surface area (Å²) < 4.78 is 14.2. The number of imidazole rings is 1. The molecular formula is C55H105N3O5. The molecule has 0 aliphatic carbocycles. The number of ether oxygens (including phenoxy) is 2. The van der Waals surface area contributed by atoms with Gasteiger partial charge in [0.05, 0.1) is 12.6 Å². The number of esters is 2. The van der Waals surface area contributed by atoms with E-state index in [1.165, 1.54) is 141 Å². The van der Waals surface area contributed by atoms with Crippen molar-refractivity contribution in [2.24, 2.45) is 7.05 Å². The minimum absolute atomic E-state index is 0.00151. The van der Waals surface area contributed by atoms with Crippen LogP contribution in [0.25, 0.3) is 0 Å². The van der Waals surface area contributed by atoms with Gasteiger partial charge in [0.1, 0.15) is 18.0 Å². The summed E-state index contributed by atoms with van der Waals surface area (Å²) in [5.74, 6) is 0.972. The van der Waals surface area contributed by atoms with Crippen LogP contribution >= 0.6 is 0 Å². The summed E-state index contributed by atoms with van der Waals surface area (Å²) in [6.45, 7) is 11.3. The Kier molecular flexibility index (Phi) is 41.2. The summed E-state index contributed by atoms with van der Waals surface area (Å²) in [6, 6.07) is 0. The van der Waals surface area contributed by atoms with Gasteiger partial charge in [-0.1, -0.05) is 188 Å². The Morgan fingerprint density at radius 3 is 1.27 bits per heavy atom. The third kappa shape index (κ3) is 36.9. The van der Waals surface area contributed by atoms with Crippen LogP contribution in [-0.4, -0.2) is 62.9 Å². The molecule has 0 spiro atoms. The third-order valence-corrected chi connectivity index (χ3v) is 13.1. The van der Waals surface area contributed by atoms with Crippen molar-refractivity contribution in [2.45, 2.75) is 303 Å². The molecule has 1 rings (SSSR count). The number of aliphatic hydroxyl groups excluding tert-OH is 1. The lowest BCUT2D eigenvalue weighted by Gasteiger charge is -2.25. The Balaban J connectivity index is 2.42. The van der Waals surface area contributed by atoms with Crippen LogP contribution < -0.4 is 0 Å². The fourth-order valence-corrected chi connectivity index (χ4v) is 8.96. The number of carbonyl (C=O) groups excluding carboxylic acids is 2. The molecule has 0 aliphatic heterocycles. The van der Waals surface area contributed by atoms with E-state index in [4.69, 9.17) is 9.47 Å². The molecule has 0 fully saturated rings. The van der Waals surface area contributed by atoms with E-state index in [-0.39, 0.29) is 24.1 Å². The van der Waals surface area contributed by atoms with E-state index < -0.39 is 6.10 Å². The van der Waals surface area contributed by atoms with Crippen molar-refractivity contribution < 1.29 is 24.2 Å². The molecule has 1 aromatic rings. The second-order valence-electron chi connectivity index (χ2n) is 19.4. The highest BCUT2D eigenvalue weighted by Gasteiger charge is 2.18. The Labute approximate surface area is 390 Å². The Morgan fingerprint density at radius 2 is 0.873 bits per heavy atom. The molecule has 8 heteroatoms. The molecule has 1 aromatic heterocycles. The highest BCUT2D eigenvalue weighted by Crippen LogP contribution is 2.21. The van der Waals surface area contributed by atoms with Crippen LogP contribution in [0.3, 0.4) is 0 Å². The predicted molar refractivity (Wildman–Crippen MR) is 267 cm³/mol. The fraction of sp³-hybridized carbons (Fsp3) is 0.909. The third-order valence-electron chi connectivity index (χ3n) is 13.1. The van der Waals surface area contributed by atoms with Crippen LogP contribution in [-0.2, 0) is 32.7 Å². The zero-order valence-electron chi connectivity index (χ0n) is 42.5. The van der Waals surface area contributed by atoms with E-state index in [1.54, 1.807) is 0 Å². The Hall–Kier alpha value is -1.93. The van der Waals surface area contributed by atoms with Gasteiger partial charge < -0.3 is 19.1 Å². The Bertz CT molecular complexity index is 1110. The van der Waals surface area contributed by atoms with Gasteiger partial charge in [-0.3, -0.25) is 14.5 Å². The number of carbonyl (C=O) groups is 2. The molecule has 1 unspecified atom stereocenters. The topological polar surface area (TPSA) is 93.9 Å². The molecule has 63 heavy (non-hydrogen) atoms. The average Bonchev–Trinajstić information content (AvgIpc) is 3.67. The number of rotatable bonds is 48. The Morgan fingerprint density at radius 1 is 0.524 bits per heavy atom. The van der Waals surface area contributed by atoms with Gasteiger partial charge in [0.2, 0.25) is 0 Å². The summed E-state index contributed by atoms with van der Waals surface area (Å²) in [5, 5.41) is 11.1. The first-order chi connectivity index (χ1) is 30.8. The number of aliphatic hydroxyl groups is 1. The van der Waals surface area contributed by atoms with E-state index >= 15 is 0 Å². The van der Waals surface area contributed by atoms with Crippen molar-refractivity contribution in [1.29, 1.82) is 0 Å². The maximum atomic E-state index is 12.9. The van der Waals surface area contributed by atoms with Crippen molar-refractivity contribution in [1.82, 2.24) is 14.5 Å². The van der Waals surface area contributed by atoms with Crippen LogP contribution in [0, 0.1) is 0 Å². The van der Waals surface area contributed by atoms with E-state index in [1.807, 2.05) is 19.4 Å². The van der Waals surface area contributed by atoms with Gasteiger partial charge >= 0.3 is 11.9 Å². The van der Waals surface area contributed by atoms with Gasteiger partial charge in [-0.2, -0.15) is 0 Å². The zero-order valence-corrected chi connectivity index (χ0v) is 42.5. The lowest BCUT2D eigenvalue weighted by atomic mass is 10.0. The summed E-state index contributed by atoms with van der Waals surface area (Å²) in [7, 11) is 2.03. The molecule has 0 aromatic carbocycles. The van der Waals surface area contributed by atoms with Gasteiger partial charge in [-0.05, 0) is 83.6 Å². The zero-order chi connectivity index (χ0) is 45.9. The molecule has 0 amide bonds. The molecule has 1 N–H and O–H groups in total. The maximum Gasteiger partial charge on any atom is 0.306 e. The summed E-state index contributed by atoms with van der Waals surface area (Å²) in [5.41, 5.74) is 0. The molecule has 0 bridgehead atoms. The number of nitrogens with zero attached hydrogens (tertiary/aromatic N) is 3. The molecule has 0 saturated carbocycles. The van der Waals surface area contributed by atoms with Crippen molar-refractivity contribution in [2.75, 3.05) is 13.1 Å². The predicted octanol–water partition coefficient (Wildman–Crippen LogP) is 15.7. The fourth-order valence-electron chi connectivity index (χ4n) is 8.96. The van der Waals surface area contributed by atoms with Crippen LogP contribution in [0.2, 0.25) is 0 Å².